The Kier molecular flexibility index (Phi) is 9.76. The van der Waals surface area contributed by atoms with E-state index in [9.17, 15) is 8.78 Å². The monoisotopic (exact) mass is 586 g/mol. The van der Waals surface area contributed by atoms with Crippen LogP contribution in [0.15, 0.2) is 61.1 Å². The summed E-state index contributed by atoms with van der Waals surface area (Å²) in [6, 6.07) is 11.3. The minimum atomic E-state index is -0.709. The van der Waals surface area contributed by atoms with E-state index in [4.69, 9.17) is 19.9 Å². The number of ether oxygens (including phenoxy) is 2. The fraction of sp³-hybridized carbons (Fsp3) is 0.333. The predicted octanol–water partition coefficient (Wildman–Crippen LogP) is 7.77. The second-order valence-corrected chi connectivity index (χ2v) is 10.4. The first-order valence-electron chi connectivity index (χ1n) is 14.7. The van der Waals surface area contributed by atoms with Crippen molar-refractivity contribution in [3.05, 3.63) is 95.2 Å². The second kappa shape index (κ2) is 14.0. The number of unbranched alkanes of at least 4 members (excludes halogenated alkanes) is 2. The van der Waals surface area contributed by atoms with Gasteiger partial charge in [0, 0.05) is 53.6 Å². The number of para-hydroxylation sites is 1. The first-order valence-corrected chi connectivity index (χ1v) is 14.7. The molecule has 43 heavy (non-hydrogen) atoms. The van der Waals surface area contributed by atoms with Crippen LogP contribution in [0, 0.1) is 17.0 Å². The van der Waals surface area contributed by atoms with Crippen LogP contribution in [-0.4, -0.2) is 33.9 Å². The van der Waals surface area contributed by atoms with Crippen molar-refractivity contribution < 1.29 is 18.3 Å². The number of aromatic nitrogens is 3. The number of rotatable bonds is 15. The largest absolute Gasteiger partial charge is 0.494 e. The number of anilines is 3. The van der Waals surface area contributed by atoms with Gasteiger partial charge >= 0.3 is 0 Å². The van der Waals surface area contributed by atoms with E-state index in [-0.39, 0.29) is 29.4 Å². The molecular weight excluding hydrogens is 550 g/mol. The molecule has 1 saturated carbocycles. The number of pyridine rings is 1. The minimum Gasteiger partial charge on any atom is -0.494 e. The van der Waals surface area contributed by atoms with Crippen molar-refractivity contribution in [2.24, 2.45) is 0 Å². The molecule has 0 aliphatic heterocycles. The van der Waals surface area contributed by atoms with Crippen molar-refractivity contribution in [3.63, 3.8) is 0 Å². The highest BCUT2D eigenvalue weighted by Crippen LogP contribution is 2.44. The lowest BCUT2D eigenvalue weighted by atomic mass is 10.1. The average molecular weight is 587 g/mol. The fourth-order valence-corrected chi connectivity index (χ4v) is 4.75. The minimum absolute atomic E-state index is 0.0495. The van der Waals surface area contributed by atoms with Crippen molar-refractivity contribution in [3.8, 4) is 11.5 Å². The summed E-state index contributed by atoms with van der Waals surface area (Å²) in [5, 5.41) is 15.5. The molecule has 3 N–H and O–H groups in total. The van der Waals surface area contributed by atoms with Crippen molar-refractivity contribution in [1.82, 2.24) is 15.0 Å². The highest BCUT2D eigenvalue weighted by molar-refractivity contribution is 6.12. The number of benzene rings is 2. The van der Waals surface area contributed by atoms with Crippen LogP contribution in [0.1, 0.15) is 74.4 Å². The Bertz CT molecular complexity index is 1550. The SMILES string of the molecule is CCCCCOc1cnc(C(=N)c2ccccc2NCc2c(F)cc(OCC)cc2F)nc1Nc1ccncc1C1CC1. The third-order valence-corrected chi connectivity index (χ3v) is 7.18. The lowest BCUT2D eigenvalue weighted by Crippen LogP contribution is -2.14. The highest BCUT2D eigenvalue weighted by Gasteiger charge is 2.27. The molecule has 2 aromatic heterocycles. The lowest BCUT2D eigenvalue weighted by molar-refractivity contribution is 0.305. The van der Waals surface area contributed by atoms with Crippen molar-refractivity contribution in [2.75, 3.05) is 23.8 Å². The average Bonchev–Trinajstić information content (AvgIpc) is 3.85. The summed E-state index contributed by atoms with van der Waals surface area (Å²) in [4.78, 5) is 13.5. The molecule has 0 unspecified atom stereocenters. The molecule has 1 aliphatic rings. The predicted molar refractivity (Wildman–Crippen MR) is 164 cm³/mol. The maximum atomic E-state index is 14.7. The summed E-state index contributed by atoms with van der Waals surface area (Å²) in [6.07, 6.45) is 10.5. The summed E-state index contributed by atoms with van der Waals surface area (Å²) in [5.41, 5.74) is 2.95. The Morgan fingerprint density at radius 2 is 1.79 bits per heavy atom. The number of nitrogens with zero attached hydrogens (tertiary/aromatic N) is 3. The zero-order valence-corrected chi connectivity index (χ0v) is 24.4. The van der Waals surface area contributed by atoms with Crippen LogP contribution < -0.4 is 20.1 Å². The van der Waals surface area contributed by atoms with E-state index < -0.39 is 11.6 Å². The molecule has 4 aromatic rings. The van der Waals surface area contributed by atoms with Gasteiger partial charge in [0.05, 0.1) is 19.4 Å². The van der Waals surface area contributed by atoms with Crippen LogP contribution in [0.3, 0.4) is 0 Å². The summed E-state index contributed by atoms with van der Waals surface area (Å²) >= 11 is 0. The number of hydrogen-bond donors (Lipinski definition) is 3. The van der Waals surface area contributed by atoms with Crippen molar-refractivity contribution >= 4 is 22.9 Å². The van der Waals surface area contributed by atoms with Crippen molar-refractivity contribution in [1.29, 1.82) is 5.41 Å². The second-order valence-electron chi connectivity index (χ2n) is 10.4. The highest BCUT2D eigenvalue weighted by atomic mass is 19.1. The normalized spacial score (nSPS) is 12.6. The summed E-state index contributed by atoms with van der Waals surface area (Å²) in [5.74, 6) is 0.324. The zero-order chi connectivity index (χ0) is 30.2. The van der Waals surface area contributed by atoms with Gasteiger partial charge in [-0.15, -0.1) is 0 Å². The van der Waals surface area contributed by atoms with E-state index in [1.54, 1.807) is 43.6 Å². The molecule has 0 atom stereocenters. The molecule has 0 spiro atoms. The Hall–Kier alpha value is -4.60. The molecular formula is C33H36F2N6O2. The molecule has 8 nitrogen and oxygen atoms in total. The quantitative estimate of drug-likeness (QED) is 0.0965. The van der Waals surface area contributed by atoms with Crippen LogP contribution in [0.2, 0.25) is 0 Å². The maximum absolute atomic E-state index is 14.7. The van der Waals surface area contributed by atoms with Crippen LogP contribution >= 0.6 is 0 Å². The standard InChI is InChI=1S/C33H36F2N6O2/c1-3-5-8-15-43-30-20-39-33(41-32(30)40-29-13-14-37-18-24(29)21-11-12-21)31(36)23-9-6-7-10-28(23)38-19-25-26(34)16-22(42-4-2)17-27(25)35/h6-7,9-10,13-14,16-18,20-21,36,38H,3-5,8,11-12,15,19H2,1-2H3,(H,37,39,40,41). The fourth-order valence-electron chi connectivity index (χ4n) is 4.75. The van der Waals surface area contributed by atoms with Crippen LogP contribution in [0.25, 0.3) is 0 Å². The maximum Gasteiger partial charge on any atom is 0.180 e. The van der Waals surface area contributed by atoms with Gasteiger partial charge in [-0.1, -0.05) is 38.0 Å². The Morgan fingerprint density at radius 3 is 2.53 bits per heavy atom. The van der Waals surface area contributed by atoms with Crippen LogP contribution in [0.4, 0.5) is 26.0 Å². The molecule has 0 radical (unpaired) electrons. The number of halogens is 2. The van der Waals surface area contributed by atoms with Crippen molar-refractivity contribution in [2.45, 2.75) is 58.4 Å². The summed E-state index contributed by atoms with van der Waals surface area (Å²) < 4.78 is 40.7. The number of nitrogens with one attached hydrogen (secondary N) is 3. The molecule has 1 fully saturated rings. The van der Waals surface area contributed by atoms with Gasteiger partial charge in [-0.05, 0) is 49.8 Å². The first-order chi connectivity index (χ1) is 21.0. The topological polar surface area (TPSA) is 105 Å². The molecule has 0 amide bonds. The van der Waals surface area contributed by atoms with E-state index in [0.29, 0.717) is 41.9 Å². The molecule has 2 aromatic carbocycles. The zero-order valence-electron chi connectivity index (χ0n) is 24.4. The van der Waals surface area contributed by atoms with E-state index in [2.05, 4.69) is 27.5 Å². The van der Waals surface area contributed by atoms with Gasteiger partial charge in [-0.2, -0.15) is 0 Å². The molecule has 5 rings (SSSR count). The summed E-state index contributed by atoms with van der Waals surface area (Å²) in [7, 11) is 0. The first kappa shape index (κ1) is 29.9. The van der Waals surface area contributed by atoms with Gasteiger partial charge in [0.2, 0.25) is 0 Å². The molecule has 2 heterocycles. The molecule has 1 aliphatic carbocycles. The van der Waals surface area contributed by atoms with Gasteiger partial charge in [-0.25, -0.2) is 18.7 Å². The van der Waals surface area contributed by atoms with Crippen LogP contribution in [-0.2, 0) is 6.54 Å². The van der Waals surface area contributed by atoms with E-state index >= 15 is 0 Å². The Labute approximate surface area is 250 Å². The van der Waals surface area contributed by atoms with Gasteiger partial charge < -0.3 is 20.1 Å². The third-order valence-electron chi connectivity index (χ3n) is 7.18. The van der Waals surface area contributed by atoms with Crippen LogP contribution in [0.5, 0.6) is 11.5 Å². The summed E-state index contributed by atoms with van der Waals surface area (Å²) in [6.45, 7) is 4.59. The molecule has 224 valence electrons. The van der Waals surface area contributed by atoms with E-state index in [1.165, 1.54) is 12.1 Å². The molecule has 10 heteroatoms. The lowest BCUT2D eigenvalue weighted by Gasteiger charge is -2.17. The Balaban J connectivity index is 1.40. The Morgan fingerprint density at radius 1 is 1.00 bits per heavy atom. The number of hydrogen-bond acceptors (Lipinski definition) is 8. The van der Waals surface area contributed by atoms with Gasteiger partial charge in [-0.3, -0.25) is 10.4 Å². The van der Waals surface area contributed by atoms with E-state index in [0.717, 1.165) is 43.4 Å². The van der Waals surface area contributed by atoms with Gasteiger partial charge in [0.15, 0.2) is 17.4 Å². The smallest absolute Gasteiger partial charge is 0.180 e. The van der Waals surface area contributed by atoms with Gasteiger partial charge in [0.25, 0.3) is 0 Å². The van der Waals surface area contributed by atoms with Gasteiger partial charge in [0.1, 0.15) is 23.1 Å². The molecule has 0 bridgehead atoms. The molecule has 0 saturated heterocycles. The third kappa shape index (κ3) is 7.43. The van der Waals surface area contributed by atoms with E-state index in [1.807, 2.05) is 12.3 Å².